The molecular formula is C13H18N6O3. The first-order chi connectivity index (χ1) is 10.3. The molecule has 0 saturated heterocycles. The Hall–Kier alpha value is -2.71. The van der Waals surface area contributed by atoms with Crippen LogP contribution in [0.1, 0.15) is 31.3 Å². The highest BCUT2D eigenvalue weighted by atomic mass is 16.6. The van der Waals surface area contributed by atoms with Crippen molar-refractivity contribution in [2.75, 3.05) is 5.32 Å². The molecule has 0 spiro atoms. The molecule has 9 nitrogen and oxygen atoms in total. The maximum atomic E-state index is 12.3. The maximum Gasteiger partial charge on any atom is 0.390 e. The summed E-state index contributed by atoms with van der Waals surface area (Å²) in [5, 5.41) is 21.5. The Kier molecular flexibility index (Phi) is 4.25. The van der Waals surface area contributed by atoms with Crippen molar-refractivity contribution in [1.82, 2.24) is 19.6 Å². The third kappa shape index (κ3) is 2.83. The monoisotopic (exact) mass is 306 g/mol. The molecule has 2 aromatic heterocycles. The topological polar surface area (TPSA) is 108 Å². The van der Waals surface area contributed by atoms with Crippen molar-refractivity contribution >= 4 is 17.4 Å². The van der Waals surface area contributed by atoms with Crippen LogP contribution in [0.3, 0.4) is 0 Å². The van der Waals surface area contributed by atoms with Crippen molar-refractivity contribution in [1.29, 1.82) is 0 Å². The fraction of sp³-hybridized carbons (Fsp3) is 0.462. The normalized spacial score (nSPS) is 12.2. The highest BCUT2D eigenvalue weighted by molar-refractivity contribution is 5.93. The van der Waals surface area contributed by atoms with Gasteiger partial charge in [0.25, 0.3) is 5.91 Å². The van der Waals surface area contributed by atoms with Crippen LogP contribution in [0.2, 0.25) is 0 Å². The molecule has 0 saturated carbocycles. The van der Waals surface area contributed by atoms with Crippen molar-refractivity contribution in [3.05, 3.63) is 33.8 Å². The highest BCUT2D eigenvalue weighted by Gasteiger charge is 2.25. The van der Waals surface area contributed by atoms with Gasteiger partial charge in [0.05, 0.1) is 34.4 Å². The van der Waals surface area contributed by atoms with E-state index in [4.69, 9.17) is 0 Å². The molecule has 0 aliphatic rings. The summed E-state index contributed by atoms with van der Waals surface area (Å²) in [4.78, 5) is 22.5. The lowest BCUT2D eigenvalue weighted by Crippen LogP contribution is -2.25. The van der Waals surface area contributed by atoms with Crippen LogP contribution >= 0.6 is 0 Å². The molecule has 22 heavy (non-hydrogen) atoms. The van der Waals surface area contributed by atoms with Gasteiger partial charge in [0.2, 0.25) is 0 Å². The summed E-state index contributed by atoms with van der Waals surface area (Å²) >= 11 is 0. The minimum Gasteiger partial charge on any atom is -0.358 e. The standard InChI is InChI=1S/C13H18N6O3/c1-5-17-9(3)11(7-14-17)15-13(20)10(4)18-8(2)6-12(16-18)19(21)22/h6-7,10H,5H2,1-4H3,(H,15,20). The van der Waals surface area contributed by atoms with Crippen LogP contribution in [-0.2, 0) is 11.3 Å². The van der Waals surface area contributed by atoms with Crippen molar-refractivity contribution in [2.24, 2.45) is 0 Å². The van der Waals surface area contributed by atoms with Gasteiger partial charge < -0.3 is 15.4 Å². The van der Waals surface area contributed by atoms with Crippen molar-refractivity contribution in [3.63, 3.8) is 0 Å². The Morgan fingerprint density at radius 3 is 2.68 bits per heavy atom. The Morgan fingerprint density at radius 1 is 1.50 bits per heavy atom. The Morgan fingerprint density at radius 2 is 2.18 bits per heavy atom. The molecule has 0 aromatic carbocycles. The number of anilines is 1. The van der Waals surface area contributed by atoms with E-state index in [0.29, 0.717) is 17.9 Å². The number of nitrogens with zero attached hydrogens (tertiary/aromatic N) is 5. The molecule has 9 heteroatoms. The number of carbonyl (C=O) groups is 1. The fourth-order valence-electron chi connectivity index (χ4n) is 2.19. The first-order valence-corrected chi connectivity index (χ1v) is 6.89. The summed E-state index contributed by atoms with van der Waals surface area (Å²) in [5.74, 6) is -0.577. The van der Waals surface area contributed by atoms with E-state index in [2.05, 4.69) is 15.5 Å². The van der Waals surface area contributed by atoms with E-state index in [1.165, 1.54) is 10.7 Å². The maximum absolute atomic E-state index is 12.3. The second kappa shape index (κ2) is 5.96. The Balaban J connectivity index is 2.18. The van der Waals surface area contributed by atoms with E-state index in [1.54, 1.807) is 24.7 Å². The van der Waals surface area contributed by atoms with E-state index in [0.717, 1.165) is 5.69 Å². The van der Waals surface area contributed by atoms with Gasteiger partial charge in [0.1, 0.15) is 6.04 Å². The Labute approximate surface area is 127 Å². The first kappa shape index (κ1) is 15.7. The number of carbonyl (C=O) groups excluding carboxylic acids is 1. The SMILES string of the molecule is CCn1ncc(NC(=O)C(C)n2nc([N+](=O)[O-])cc2C)c1C. The minimum absolute atomic E-state index is 0.271. The van der Waals surface area contributed by atoms with Gasteiger partial charge in [0.15, 0.2) is 0 Å². The van der Waals surface area contributed by atoms with Crippen LogP contribution in [0.4, 0.5) is 11.5 Å². The van der Waals surface area contributed by atoms with Crippen molar-refractivity contribution in [2.45, 2.75) is 40.3 Å². The van der Waals surface area contributed by atoms with E-state index < -0.39 is 11.0 Å². The summed E-state index contributed by atoms with van der Waals surface area (Å²) in [5.41, 5.74) is 2.03. The molecule has 1 atom stereocenters. The summed E-state index contributed by atoms with van der Waals surface area (Å²) in [6.45, 7) is 7.84. The molecule has 2 heterocycles. The van der Waals surface area contributed by atoms with Gasteiger partial charge in [0, 0.05) is 6.54 Å². The lowest BCUT2D eigenvalue weighted by molar-refractivity contribution is -0.389. The quantitative estimate of drug-likeness (QED) is 0.669. The van der Waals surface area contributed by atoms with Gasteiger partial charge in [-0.3, -0.25) is 9.48 Å². The molecule has 0 aliphatic carbocycles. The molecule has 1 amide bonds. The predicted molar refractivity (Wildman–Crippen MR) is 79.6 cm³/mol. The fourth-order valence-corrected chi connectivity index (χ4v) is 2.19. The van der Waals surface area contributed by atoms with Crippen LogP contribution in [0, 0.1) is 24.0 Å². The molecule has 0 radical (unpaired) electrons. The second-order valence-corrected chi connectivity index (χ2v) is 4.97. The number of hydrogen-bond acceptors (Lipinski definition) is 5. The number of nitrogens with one attached hydrogen (secondary N) is 1. The lowest BCUT2D eigenvalue weighted by atomic mass is 10.3. The number of aryl methyl sites for hydroxylation is 2. The summed E-state index contributed by atoms with van der Waals surface area (Å²) in [6.07, 6.45) is 1.59. The van der Waals surface area contributed by atoms with Crippen molar-refractivity contribution in [3.8, 4) is 0 Å². The average Bonchev–Trinajstić information content (AvgIpc) is 3.02. The van der Waals surface area contributed by atoms with E-state index in [1.807, 2.05) is 13.8 Å². The van der Waals surface area contributed by atoms with Gasteiger partial charge in [-0.05, 0) is 32.6 Å². The van der Waals surface area contributed by atoms with Crippen LogP contribution in [-0.4, -0.2) is 30.4 Å². The predicted octanol–water partition coefficient (Wildman–Crippen LogP) is 1.82. The van der Waals surface area contributed by atoms with Crippen molar-refractivity contribution < 1.29 is 9.72 Å². The summed E-state index contributed by atoms with van der Waals surface area (Å²) in [6, 6.07) is 0.669. The third-order valence-electron chi connectivity index (χ3n) is 3.50. The number of rotatable bonds is 5. The number of amides is 1. The molecule has 2 aromatic rings. The van der Waals surface area contributed by atoms with Crippen LogP contribution in [0.25, 0.3) is 0 Å². The molecule has 0 fully saturated rings. The average molecular weight is 306 g/mol. The van der Waals surface area contributed by atoms with Gasteiger partial charge in [-0.2, -0.15) is 9.78 Å². The van der Waals surface area contributed by atoms with E-state index >= 15 is 0 Å². The second-order valence-electron chi connectivity index (χ2n) is 4.97. The molecule has 1 N–H and O–H groups in total. The molecule has 0 bridgehead atoms. The molecule has 118 valence electrons. The van der Waals surface area contributed by atoms with Crippen LogP contribution in [0.5, 0.6) is 0 Å². The zero-order valence-electron chi connectivity index (χ0n) is 12.9. The molecule has 2 rings (SSSR count). The lowest BCUT2D eigenvalue weighted by Gasteiger charge is -2.11. The minimum atomic E-state index is -0.668. The highest BCUT2D eigenvalue weighted by Crippen LogP contribution is 2.19. The molecule has 0 aliphatic heterocycles. The van der Waals surface area contributed by atoms with Gasteiger partial charge >= 0.3 is 5.82 Å². The smallest absolute Gasteiger partial charge is 0.358 e. The summed E-state index contributed by atoms with van der Waals surface area (Å²) < 4.78 is 3.11. The molecule has 1 unspecified atom stereocenters. The van der Waals surface area contributed by atoms with Gasteiger partial charge in [-0.15, -0.1) is 0 Å². The number of nitro groups is 1. The van der Waals surface area contributed by atoms with Crippen LogP contribution in [0.15, 0.2) is 12.3 Å². The number of hydrogen-bond donors (Lipinski definition) is 1. The zero-order chi connectivity index (χ0) is 16.4. The largest absolute Gasteiger partial charge is 0.390 e. The first-order valence-electron chi connectivity index (χ1n) is 6.89. The third-order valence-corrected chi connectivity index (χ3v) is 3.50. The van der Waals surface area contributed by atoms with Gasteiger partial charge in [-0.25, -0.2) is 0 Å². The van der Waals surface area contributed by atoms with Gasteiger partial charge in [-0.1, -0.05) is 0 Å². The summed E-state index contributed by atoms with van der Waals surface area (Å²) in [7, 11) is 0. The molecular weight excluding hydrogens is 288 g/mol. The Bertz CT molecular complexity index is 717. The van der Waals surface area contributed by atoms with E-state index in [-0.39, 0.29) is 11.7 Å². The van der Waals surface area contributed by atoms with Crippen LogP contribution < -0.4 is 5.32 Å². The van der Waals surface area contributed by atoms with E-state index in [9.17, 15) is 14.9 Å². The number of aromatic nitrogens is 4. The zero-order valence-corrected chi connectivity index (χ0v) is 12.9.